The van der Waals surface area contributed by atoms with Gasteiger partial charge in [-0.15, -0.1) is 53.6 Å². The second-order valence-corrected chi connectivity index (χ2v) is 20.1. The van der Waals surface area contributed by atoms with Crippen molar-refractivity contribution >= 4 is 41.1 Å². The maximum Gasteiger partial charge on any atom is 2.00 e. The fraction of sp³-hybridized carbons (Fsp3) is 0.156. The Morgan fingerprint density at radius 1 is 0.680 bits per heavy atom. The summed E-state index contributed by atoms with van der Waals surface area (Å²) in [5.41, 5.74) is 12.6. The molecule has 3 heterocycles. The van der Waals surface area contributed by atoms with Crippen LogP contribution in [0.5, 0.6) is 0 Å². The van der Waals surface area contributed by atoms with Crippen molar-refractivity contribution in [3.63, 3.8) is 0 Å². The molecule has 0 atom stereocenters. The van der Waals surface area contributed by atoms with Crippen LogP contribution < -0.4 is 10.1 Å². The van der Waals surface area contributed by atoms with E-state index in [4.69, 9.17) is 9.97 Å². The summed E-state index contributed by atoms with van der Waals surface area (Å²) < 4.78 is 0. The monoisotopic (exact) mass is 844 g/mol. The molecule has 2 aromatic heterocycles. The topological polar surface area (TPSA) is 29.0 Å². The molecule has 0 spiro atoms. The summed E-state index contributed by atoms with van der Waals surface area (Å²) in [5, 5.41) is 3.77. The van der Waals surface area contributed by atoms with Crippen molar-refractivity contribution < 1.29 is 21.1 Å². The second-order valence-electron chi connectivity index (χ2n) is 15.0. The normalized spacial score (nSPS) is 12.4. The summed E-state index contributed by atoms with van der Waals surface area (Å²) >= 11 is 0. The molecule has 0 amide bonds. The predicted octanol–water partition coefficient (Wildman–Crippen LogP) is 11.5. The van der Waals surface area contributed by atoms with Crippen LogP contribution in [-0.2, 0) is 26.5 Å². The summed E-state index contributed by atoms with van der Waals surface area (Å²) in [6, 6.07) is 50.6. The van der Waals surface area contributed by atoms with Gasteiger partial charge in [0.1, 0.15) is 0 Å². The molecule has 248 valence electrons. The van der Waals surface area contributed by atoms with E-state index in [2.05, 4.69) is 167 Å². The molecule has 7 aromatic rings. The Labute approximate surface area is 311 Å². The molecule has 0 aliphatic carbocycles. The number of fused-ring (bicyclic) bond motifs is 2. The third-order valence-corrected chi connectivity index (χ3v) is 11.5. The van der Waals surface area contributed by atoms with Gasteiger partial charge in [0.05, 0.1) is 8.07 Å². The number of para-hydroxylation sites is 1. The van der Waals surface area contributed by atoms with Gasteiger partial charge in [0.25, 0.3) is 0 Å². The minimum Gasteiger partial charge on any atom is -0.352 e. The first-order valence-corrected chi connectivity index (χ1v) is 20.5. The number of hydrogen-bond acceptors (Lipinski definition) is 3. The van der Waals surface area contributed by atoms with E-state index in [0.29, 0.717) is 0 Å². The molecule has 1 aliphatic rings. The maximum absolute atomic E-state index is 5.49. The molecular weight excluding hydrogens is 806 g/mol. The van der Waals surface area contributed by atoms with Crippen molar-refractivity contribution in [3.05, 3.63) is 145 Å². The quantitative estimate of drug-likeness (QED) is 0.128. The Morgan fingerprint density at radius 2 is 1.38 bits per heavy atom. The van der Waals surface area contributed by atoms with Gasteiger partial charge in [-0.25, -0.2) is 0 Å². The molecule has 0 fully saturated rings. The van der Waals surface area contributed by atoms with Gasteiger partial charge in [-0.2, -0.15) is 0 Å². The van der Waals surface area contributed by atoms with Crippen LogP contribution in [-0.4, -0.2) is 18.0 Å². The molecule has 3 nitrogen and oxygen atoms in total. The smallest absolute Gasteiger partial charge is 0.352 e. The van der Waals surface area contributed by atoms with Crippen molar-refractivity contribution in [1.82, 2.24) is 9.97 Å². The van der Waals surface area contributed by atoms with Crippen LogP contribution in [0.2, 0.25) is 19.6 Å². The number of rotatable bonds is 5. The van der Waals surface area contributed by atoms with E-state index in [1.807, 2.05) is 18.3 Å². The van der Waals surface area contributed by atoms with Crippen molar-refractivity contribution in [2.24, 2.45) is 0 Å². The van der Waals surface area contributed by atoms with E-state index >= 15 is 0 Å². The molecule has 0 saturated heterocycles. The van der Waals surface area contributed by atoms with Crippen molar-refractivity contribution in [3.8, 4) is 44.9 Å². The van der Waals surface area contributed by atoms with E-state index in [-0.39, 0.29) is 26.5 Å². The first-order chi connectivity index (χ1) is 23.5. The maximum atomic E-state index is 5.49. The average Bonchev–Trinajstić information content (AvgIpc) is 3.11. The molecule has 0 unspecified atom stereocenters. The molecule has 8 rings (SSSR count). The largest absolute Gasteiger partial charge is 2.00 e. The van der Waals surface area contributed by atoms with Gasteiger partial charge in [-0.1, -0.05) is 123 Å². The van der Waals surface area contributed by atoms with Crippen LogP contribution in [0.4, 0.5) is 17.1 Å². The number of anilines is 3. The second kappa shape index (κ2) is 12.9. The molecule has 50 heavy (non-hydrogen) atoms. The Morgan fingerprint density at radius 3 is 2.08 bits per heavy atom. The van der Waals surface area contributed by atoms with Gasteiger partial charge in [0, 0.05) is 23.3 Å². The van der Waals surface area contributed by atoms with Gasteiger partial charge in [-0.3, -0.25) is 4.98 Å². The van der Waals surface area contributed by atoms with Crippen LogP contribution in [0.1, 0.15) is 26.3 Å². The van der Waals surface area contributed by atoms with Crippen molar-refractivity contribution in [2.45, 2.75) is 45.8 Å². The third kappa shape index (κ3) is 6.16. The first-order valence-electron chi connectivity index (χ1n) is 17.0. The van der Waals surface area contributed by atoms with Gasteiger partial charge in [-0.05, 0) is 68.7 Å². The number of pyridine rings is 2. The number of benzene rings is 5. The molecule has 0 N–H and O–H groups in total. The van der Waals surface area contributed by atoms with Crippen LogP contribution in [0.25, 0.3) is 55.7 Å². The summed E-state index contributed by atoms with van der Waals surface area (Å²) in [6.07, 6.45) is 1.90. The molecule has 0 saturated carbocycles. The van der Waals surface area contributed by atoms with Crippen molar-refractivity contribution in [2.75, 3.05) is 4.90 Å². The molecule has 5 heteroatoms. The summed E-state index contributed by atoms with van der Waals surface area (Å²) in [4.78, 5) is 12.7. The SMILES string of the molecule is CC(C)(C)c1cc(-c2cc(-c3ccccc3)ccn2)[c-]c(-c2cc3cc([Si](C)(C)C)cc4c3c(n2)-c2[c-]cccc2N4c2ccccc2)c1.[Pt+2]. The minimum absolute atomic E-state index is 0. The summed E-state index contributed by atoms with van der Waals surface area (Å²) in [6.45, 7) is 14.0. The first kappa shape index (κ1) is 33.8. The fourth-order valence-corrected chi connectivity index (χ4v) is 7.92. The molecule has 5 aromatic carbocycles. The van der Waals surface area contributed by atoms with Gasteiger partial charge in [0.15, 0.2) is 0 Å². The van der Waals surface area contributed by atoms with Crippen LogP contribution >= 0.6 is 0 Å². The van der Waals surface area contributed by atoms with Gasteiger partial charge in [0.2, 0.25) is 0 Å². The van der Waals surface area contributed by atoms with E-state index in [0.717, 1.165) is 56.1 Å². The van der Waals surface area contributed by atoms with E-state index in [1.54, 1.807) is 0 Å². The zero-order valence-electron chi connectivity index (χ0n) is 29.3. The molecule has 1 aliphatic heterocycles. The average molecular weight is 845 g/mol. The van der Waals surface area contributed by atoms with Gasteiger partial charge < -0.3 is 9.88 Å². The Kier molecular flexibility index (Phi) is 8.74. The number of hydrogen-bond donors (Lipinski definition) is 0. The van der Waals surface area contributed by atoms with Gasteiger partial charge >= 0.3 is 21.1 Å². The zero-order valence-corrected chi connectivity index (χ0v) is 32.6. The summed E-state index contributed by atoms with van der Waals surface area (Å²) in [5.74, 6) is 0. The van der Waals surface area contributed by atoms with Crippen LogP contribution in [0.15, 0.2) is 128 Å². The Hall–Kier alpha value is -4.63. The molecule has 0 radical (unpaired) electrons. The zero-order chi connectivity index (χ0) is 33.9. The Balaban J connectivity index is 0.00000392. The van der Waals surface area contributed by atoms with Crippen LogP contribution in [0, 0.1) is 12.1 Å². The number of nitrogens with zero attached hydrogens (tertiary/aromatic N) is 3. The summed E-state index contributed by atoms with van der Waals surface area (Å²) in [7, 11) is -1.70. The van der Waals surface area contributed by atoms with Crippen LogP contribution in [0.3, 0.4) is 0 Å². The molecule has 0 bridgehead atoms. The van der Waals surface area contributed by atoms with E-state index in [9.17, 15) is 0 Å². The van der Waals surface area contributed by atoms with Crippen molar-refractivity contribution in [1.29, 1.82) is 0 Å². The van der Waals surface area contributed by atoms with E-state index < -0.39 is 8.07 Å². The van der Waals surface area contributed by atoms with E-state index in [1.165, 1.54) is 27.4 Å². The third-order valence-electron chi connectivity index (χ3n) is 9.50. The number of aromatic nitrogens is 2. The fourth-order valence-electron chi connectivity index (χ4n) is 6.76. The standard InChI is InChI=1S/C45H39N3Si.Pt/c1-45(2,3)35-24-32(39-27-31(21-22-46-39)30-15-9-7-10-16-30)23-33(25-35)40-28-34-26-37(49(4,5)6)29-42-43(34)44(47-40)38-19-13-14-20-41(38)48(42)36-17-11-8-12-18-36;/h7-18,20-22,24-29H,1-6H3;/q-2;+2. The Bertz CT molecular complexity index is 2360. The molecular formula is C45H39N3PtSi. The minimum atomic E-state index is -1.70. The predicted molar refractivity (Wildman–Crippen MR) is 209 cm³/mol.